The fourth-order valence-electron chi connectivity index (χ4n) is 2.41. The van der Waals surface area contributed by atoms with Crippen LogP contribution >= 0.6 is 22.9 Å². The van der Waals surface area contributed by atoms with Crippen LogP contribution in [0.15, 0.2) is 53.3 Å². The molecule has 0 saturated carbocycles. The lowest BCUT2D eigenvalue weighted by atomic mass is 10.1. The molecule has 0 amide bonds. The van der Waals surface area contributed by atoms with Gasteiger partial charge in [0, 0.05) is 11.6 Å². The second-order valence-electron chi connectivity index (χ2n) is 5.83. The maximum absolute atomic E-state index is 12.4. The summed E-state index contributed by atoms with van der Waals surface area (Å²) in [6, 6.07) is 14.4. The highest BCUT2D eigenvalue weighted by atomic mass is 35.5. The lowest BCUT2D eigenvalue weighted by Crippen LogP contribution is -2.20. The number of Topliss-reactive ketones (excluding diaryl/α,β-unsaturated/α-hetero) is 1. The van der Waals surface area contributed by atoms with E-state index in [1.165, 1.54) is 17.4 Å². The van der Waals surface area contributed by atoms with Crippen LogP contribution in [0, 0.1) is 0 Å². The predicted molar refractivity (Wildman–Crippen MR) is 110 cm³/mol. The molecule has 0 unspecified atom stereocenters. The van der Waals surface area contributed by atoms with Gasteiger partial charge in [0.2, 0.25) is 0 Å². The van der Waals surface area contributed by atoms with Gasteiger partial charge in [-0.1, -0.05) is 42.8 Å². The second kappa shape index (κ2) is 8.84. The lowest BCUT2D eigenvalue weighted by molar-refractivity contribution is 0.106. The zero-order chi connectivity index (χ0) is 19.2. The smallest absolute Gasteiger partial charge is 0.266 e. The van der Waals surface area contributed by atoms with Gasteiger partial charge in [0.15, 0.2) is 5.78 Å². The molecule has 4 nitrogen and oxygen atoms in total. The van der Waals surface area contributed by atoms with Crippen LogP contribution in [-0.4, -0.2) is 17.4 Å². The van der Waals surface area contributed by atoms with E-state index in [4.69, 9.17) is 16.3 Å². The van der Waals surface area contributed by atoms with Crippen molar-refractivity contribution in [2.24, 2.45) is 0 Å². The van der Waals surface area contributed by atoms with Crippen molar-refractivity contribution in [3.05, 3.63) is 84.2 Å². The van der Waals surface area contributed by atoms with E-state index < -0.39 is 0 Å². The molecule has 138 valence electrons. The SMILES string of the molecule is CCCOc1ccc(/C=c2\s/c(=C\C(=O)c3ccccc3Cl)[nH]c2=O)cc1. The molecule has 0 radical (unpaired) electrons. The number of hydrogen-bond acceptors (Lipinski definition) is 4. The standard InChI is InChI=1S/C21H18ClNO3S/c1-2-11-26-15-9-7-14(8-10-15)12-19-21(25)23-20(27-19)13-18(24)16-5-3-4-6-17(16)22/h3-10,12-13H,2,11H2,1H3,(H,23,25)/b19-12-,20-13-. The fourth-order valence-corrected chi connectivity index (χ4v) is 3.53. The van der Waals surface area contributed by atoms with Gasteiger partial charge in [-0.25, -0.2) is 0 Å². The number of H-pyrrole nitrogens is 1. The molecule has 3 aromatic rings. The fraction of sp³-hybridized carbons (Fsp3) is 0.143. The average Bonchev–Trinajstić information content (AvgIpc) is 3.00. The average molecular weight is 400 g/mol. The van der Waals surface area contributed by atoms with Crippen LogP contribution in [0.1, 0.15) is 29.3 Å². The Hall–Kier alpha value is -2.63. The Balaban J connectivity index is 1.88. The van der Waals surface area contributed by atoms with Crippen molar-refractivity contribution >= 4 is 40.9 Å². The van der Waals surface area contributed by atoms with Crippen LogP contribution < -0.4 is 19.5 Å². The number of rotatable bonds is 6. The van der Waals surface area contributed by atoms with Crippen LogP contribution in [0.25, 0.3) is 12.2 Å². The summed E-state index contributed by atoms with van der Waals surface area (Å²) >= 11 is 7.27. The largest absolute Gasteiger partial charge is 0.494 e. The Morgan fingerprint density at radius 1 is 1.19 bits per heavy atom. The van der Waals surface area contributed by atoms with Crippen molar-refractivity contribution in [1.29, 1.82) is 0 Å². The van der Waals surface area contributed by atoms with Gasteiger partial charge in [0.25, 0.3) is 5.56 Å². The van der Waals surface area contributed by atoms with Gasteiger partial charge in [-0.15, -0.1) is 11.3 Å². The van der Waals surface area contributed by atoms with Crippen LogP contribution in [-0.2, 0) is 0 Å². The number of nitrogens with one attached hydrogen (secondary N) is 1. The number of ether oxygens (including phenoxy) is 1. The van der Waals surface area contributed by atoms with Crippen molar-refractivity contribution in [3.8, 4) is 5.75 Å². The third-order valence-electron chi connectivity index (χ3n) is 3.73. The molecular formula is C21H18ClNO3S. The van der Waals surface area contributed by atoms with Gasteiger partial charge in [0.05, 0.1) is 20.8 Å². The van der Waals surface area contributed by atoms with E-state index in [2.05, 4.69) is 11.9 Å². The van der Waals surface area contributed by atoms with Gasteiger partial charge in [0.1, 0.15) is 5.75 Å². The number of carbonyl (C=O) groups excluding carboxylic acids is 1. The van der Waals surface area contributed by atoms with Crippen molar-refractivity contribution in [2.75, 3.05) is 6.61 Å². The summed E-state index contributed by atoms with van der Waals surface area (Å²) in [7, 11) is 0. The maximum atomic E-state index is 12.4. The molecule has 1 aromatic heterocycles. The summed E-state index contributed by atoms with van der Waals surface area (Å²) in [4.78, 5) is 27.2. The number of aromatic nitrogens is 1. The summed E-state index contributed by atoms with van der Waals surface area (Å²) in [5.41, 5.74) is 1.06. The summed E-state index contributed by atoms with van der Waals surface area (Å²) in [5.74, 6) is 0.551. The van der Waals surface area contributed by atoms with E-state index in [0.29, 0.717) is 26.4 Å². The quantitative estimate of drug-likeness (QED) is 0.646. The molecule has 0 aliphatic carbocycles. The second-order valence-corrected chi connectivity index (χ2v) is 7.33. The van der Waals surface area contributed by atoms with Crippen LogP contribution in [0.3, 0.4) is 0 Å². The number of thiazole rings is 1. The summed E-state index contributed by atoms with van der Waals surface area (Å²) in [5, 5.41) is 0.384. The predicted octanol–water partition coefficient (Wildman–Crippen LogP) is 3.37. The Morgan fingerprint density at radius 3 is 2.63 bits per heavy atom. The minimum Gasteiger partial charge on any atom is -0.494 e. The highest BCUT2D eigenvalue weighted by molar-refractivity contribution is 7.07. The normalized spacial score (nSPS) is 12.4. The van der Waals surface area contributed by atoms with Crippen LogP contribution in [0.4, 0.5) is 0 Å². The molecule has 0 spiro atoms. The van der Waals surface area contributed by atoms with Crippen molar-refractivity contribution in [1.82, 2.24) is 4.98 Å². The molecule has 6 heteroatoms. The number of ketones is 1. The molecule has 2 aromatic carbocycles. The molecule has 0 bridgehead atoms. The number of carbonyl (C=O) groups is 1. The molecule has 3 rings (SSSR count). The highest BCUT2D eigenvalue weighted by Crippen LogP contribution is 2.15. The number of hydrogen-bond donors (Lipinski definition) is 1. The summed E-state index contributed by atoms with van der Waals surface area (Å²) < 4.78 is 6.56. The minimum atomic E-state index is -0.248. The Kier molecular flexibility index (Phi) is 6.27. The van der Waals surface area contributed by atoms with Gasteiger partial charge in [-0.2, -0.15) is 0 Å². The molecule has 0 saturated heterocycles. The Bertz CT molecular complexity index is 1110. The Morgan fingerprint density at radius 2 is 1.93 bits per heavy atom. The maximum Gasteiger partial charge on any atom is 0.266 e. The first kappa shape index (κ1) is 19.1. The lowest BCUT2D eigenvalue weighted by Gasteiger charge is -2.03. The van der Waals surface area contributed by atoms with Crippen molar-refractivity contribution in [3.63, 3.8) is 0 Å². The van der Waals surface area contributed by atoms with Crippen molar-refractivity contribution < 1.29 is 9.53 Å². The molecule has 0 fully saturated rings. The number of aromatic amines is 1. The van der Waals surface area contributed by atoms with Crippen molar-refractivity contribution in [2.45, 2.75) is 13.3 Å². The van der Waals surface area contributed by atoms with E-state index in [-0.39, 0.29) is 11.3 Å². The highest BCUT2D eigenvalue weighted by Gasteiger charge is 2.07. The molecule has 27 heavy (non-hydrogen) atoms. The molecule has 0 aliphatic heterocycles. The van der Waals surface area contributed by atoms with Gasteiger partial charge < -0.3 is 9.72 Å². The number of benzene rings is 2. The molecule has 0 aliphatic rings. The van der Waals surface area contributed by atoms with Gasteiger partial charge in [-0.05, 0) is 42.3 Å². The zero-order valence-electron chi connectivity index (χ0n) is 14.7. The summed E-state index contributed by atoms with van der Waals surface area (Å²) in [6.45, 7) is 2.72. The third-order valence-corrected chi connectivity index (χ3v) is 5.03. The van der Waals surface area contributed by atoms with E-state index in [1.54, 1.807) is 30.3 Å². The molecule has 1 N–H and O–H groups in total. The third kappa shape index (κ3) is 4.96. The molecule has 0 atom stereocenters. The first-order valence-electron chi connectivity index (χ1n) is 8.51. The van der Waals surface area contributed by atoms with E-state index in [1.807, 2.05) is 24.3 Å². The summed E-state index contributed by atoms with van der Waals surface area (Å²) in [6.07, 6.45) is 4.13. The van der Waals surface area contributed by atoms with E-state index in [0.717, 1.165) is 17.7 Å². The zero-order valence-corrected chi connectivity index (χ0v) is 16.3. The van der Waals surface area contributed by atoms with Gasteiger partial charge >= 0.3 is 0 Å². The molecule has 1 heterocycles. The first-order valence-corrected chi connectivity index (χ1v) is 9.70. The molecular weight excluding hydrogens is 382 g/mol. The first-order chi connectivity index (χ1) is 13.1. The van der Waals surface area contributed by atoms with Crippen LogP contribution in [0.5, 0.6) is 5.75 Å². The van der Waals surface area contributed by atoms with Gasteiger partial charge in [-0.3, -0.25) is 9.59 Å². The number of halogens is 1. The van der Waals surface area contributed by atoms with Crippen LogP contribution in [0.2, 0.25) is 5.02 Å². The monoisotopic (exact) mass is 399 g/mol. The topological polar surface area (TPSA) is 59.2 Å². The minimum absolute atomic E-state index is 0.232. The Labute approximate surface area is 165 Å². The van der Waals surface area contributed by atoms with E-state index in [9.17, 15) is 9.59 Å². The van der Waals surface area contributed by atoms with E-state index >= 15 is 0 Å².